The van der Waals surface area contributed by atoms with Crippen molar-refractivity contribution < 1.29 is 44.3 Å². The molecule has 1 saturated carbocycles. The Morgan fingerprint density at radius 2 is 1.29 bits per heavy atom. The van der Waals surface area contributed by atoms with E-state index in [-0.39, 0.29) is 41.3 Å². The summed E-state index contributed by atoms with van der Waals surface area (Å²) in [7, 11) is 0. The molecule has 0 aliphatic heterocycles. The van der Waals surface area contributed by atoms with Crippen LogP contribution in [0.5, 0.6) is 5.75 Å². The normalized spacial score (nSPS) is 16.5. The number of hydrogen-bond acceptors (Lipinski definition) is 2. The van der Waals surface area contributed by atoms with Gasteiger partial charge in [0, 0.05) is 17.7 Å². The number of alkyl halides is 2. The monoisotopic (exact) mass is 675 g/mol. The van der Waals surface area contributed by atoms with E-state index in [4.69, 9.17) is 5.26 Å². The molecule has 0 unspecified atom stereocenters. The first-order valence-electron chi connectivity index (χ1n) is 15.6. The quantitative estimate of drug-likeness (QED) is 0.124. The second-order valence-corrected chi connectivity index (χ2v) is 12.1. The second kappa shape index (κ2) is 14.3. The highest BCUT2D eigenvalue weighted by Crippen LogP contribution is 2.41. The van der Waals surface area contributed by atoms with Crippen LogP contribution in [0.3, 0.4) is 0 Å². The molecule has 1 aliphatic rings. The molecule has 11 heteroatoms. The zero-order chi connectivity index (χ0) is 34.7. The summed E-state index contributed by atoms with van der Waals surface area (Å²) in [5, 5.41) is 8.72. The maximum atomic E-state index is 15.3. The Bertz CT molecular complexity index is 1790. The lowest BCUT2D eigenvalue weighted by Gasteiger charge is -2.29. The van der Waals surface area contributed by atoms with Gasteiger partial charge in [-0.3, -0.25) is 0 Å². The molecule has 1 fully saturated rings. The summed E-state index contributed by atoms with van der Waals surface area (Å²) in [6, 6.07) is 8.15. The van der Waals surface area contributed by atoms with E-state index in [1.807, 2.05) is 0 Å². The summed E-state index contributed by atoms with van der Waals surface area (Å²) in [5.41, 5.74) is -4.33. The van der Waals surface area contributed by atoms with Crippen LogP contribution in [0.4, 0.5) is 39.5 Å². The smallest absolute Gasteiger partial charge is 0.429 e. The Labute approximate surface area is 271 Å². The number of ether oxygens (including phenoxy) is 1. The lowest BCUT2D eigenvalue weighted by Crippen LogP contribution is -2.25. The first-order valence-corrected chi connectivity index (χ1v) is 15.6. The lowest BCUT2D eigenvalue weighted by molar-refractivity contribution is -0.189. The van der Waals surface area contributed by atoms with Gasteiger partial charge in [-0.15, -0.1) is 0 Å². The number of nitriles is 1. The van der Waals surface area contributed by atoms with Crippen molar-refractivity contribution in [2.24, 2.45) is 5.92 Å². The van der Waals surface area contributed by atoms with Crippen LogP contribution in [0.15, 0.2) is 54.6 Å². The van der Waals surface area contributed by atoms with Crippen LogP contribution in [-0.4, -0.2) is 0 Å². The molecule has 0 aromatic heterocycles. The van der Waals surface area contributed by atoms with Crippen molar-refractivity contribution in [3.8, 4) is 34.1 Å². The minimum Gasteiger partial charge on any atom is -0.429 e. The Kier molecular flexibility index (Phi) is 10.4. The van der Waals surface area contributed by atoms with E-state index in [1.54, 1.807) is 6.07 Å². The minimum absolute atomic E-state index is 0.100. The average molecular weight is 676 g/mol. The third-order valence-electron chi connectivity index (χ3n) is 8.88. The fraction of sp³-hybridized carbons (Fsp3) is 0.324. The average Bonchev–Trinajstić information content (AvgIpc) is 3.00. The summed E-state index contributed by atoms with van der Waals surface area (Å²) in [6.07, 6.45) is 3.87. The fourth-order valence-electron chi connectivity index (χ4n) is 6.40. The van der Waals surface area contributed by atoms with Gasteiger partial charge in [0.15, 0.2) is 0 Å². The fourth-order valence-corrected chi connectivity index (χ4v) is 6.40. The van der Waals surface area contributed by atoms with Gasteiger partial charge in [-0.1, -0.05) is 44.7 Å². The van der Waals surface area contributed by atoms with Crippen molar-refractivity contribution in [1.82, 2.24) is 0 Å². The maximum absolute atomic E-state index is 15.3. The van der Waals surface area contributed by atoms with Gasteiger partial charge in [0.2, 0.25) is 0 Å². The number of hydrogen-bond donors (Lipinski definition) is 0. The number of unbranched alkanes of at least 4 members (excludes halogenated alkanes) is 2. The molecule has 4 aromatic rings. The molecular weight excluding hydrogens is 645 g/mol. The Hall–Kier alpha value is -4.46. The molecule has 0 atom stereocenters. The molecule has 0 amide bonds. The van der Waals surface area contributed by atoms with Gasteiger partial charge < -0.3 is 4.74 Å². The van der Waals surface area contributed by atoms with Crippen LogP contribution in [0.2, 0.25) is 0 Å². The summed E-state index contributed by atoms with van der Waals surface area (Å²) in [4.78, 5) is 0. The van der Waals surface area contributed by atoms with E-state index in [2.05, 4.69) is 11.7 Å². The number of benzene rings is 4. The van der Waals surface area contributed by atoms with Crippen LogP contribution in [0.25, 0.3) is 22.3 Å². The topological polar surface area (TPSA) is 33.0 Å². The minimum atomic E-state index is -4.85. The zero-order valence-electron chi connectivity index (χ0n) is 25.8. The first-order chi connectivity index (χ1) is 22.8. The Morgan fingerprint density at radius 3 is 1.83 bits per heavy atom. The van der Waals surface area contributed by atoms with Gasteiger partial charge in [-0.25, -0.2) is 30.7 Å². The lowest BCUT2D eigenvalue weighted by atomic mass is 9.77. The highest BCUT2D eigenvalue weighted by atomic mass is 19.3. The van der Waals surface area contributed by atoms with Crippen molar-refractivity contribution in [2.45, 2.75) is 70.3 Å². The molecule has 5 rings (SSSR count). The zero-order valence-corrected chi connectivity index (χ0v) is 25.8. The largest absolute Gasteiger partial charge is 0.432 e. The Morgan fingerprint density at radius 1 is 0.708 bits per heavy atom. The third kappa shape index (κ3) is 7.33. The SMILES string of the molecule is CCCCCC1CCC(c2ccc(-c3cc(F)c(-c4cc(F)c(C(F)(F)Oc5cc(F)c(C#N)c(F)c5)c(F)c4)c(F)c3)c(F)c2)CC1. The van der Waals surface area contributed by atoms with Crippen molar-refractivity contribution in [3.63, 3.8) is 0 Å². The summed E-state index contributed by atoms with van der Waals surface area (Å²) >= 11 is 0. The summed E-state index contributed by atoms with van der Waals surface area (Å²) < 4.78 is 137. The van der Waals surface area contributed by atoms with Gasteiger partial charge in [-0.05, 0) is 84.5 Å². The molecule has 0 saturated heterocycles. The first kappa shape index (κ1) is 34.9. The Balaban J connectivity index is 1.36. The van der Waals surface area contributed by atoms with Crippen LogP contribution in [0, 0.1) is 58.0 Å². The van der Waals surface area contributed by atoms with E-state index in [1.165, 1.54) is 37.5 Å². The molecular formula is C37H30F9NO. The number of halogens is 9. The number of nitrogens with zero attached hydrogens (tertiary/aromatic N) is 1. The molecule has 0 radical (unpaired) electrons. The van der Waals surface area contributed by atoms with Gasteiger partial charge in [0.25, 0.3) is 0 Å². The highest BCUT2D eigenvalue weighted by molar-refractivity contribution is 5.72. The van der Waals surface area contributed by atoms with Gasteiger partial charge in [0.05, 0.1) is 5.56 Å². The molecule has 2 nitrogen and oxygen atoms in total. The van der Waals surface area contributed by atoms with Gasteiger partial charge in [-0.2, -0.15) is 14.0 Å². The molecule has 0 N–H and O–H groups in total. The number of rotatable bonds is 10. The highest BCUT2D eigenvalue weighted by Gasteiger charge is 2.42. The van der Waals surface area contributed by atoms with Crippen molar-refractivity contribution in [1.29, 1.82) is 5.26 Å². The van der Waals surface area contributed by atoms with Crippen molar-refractivity contribution in [2.75, 3.05) is 0 Å². The molecule has 1 aliphatic carbocycles. The molecule has 0 heterocycles. The van der Waals surface area contributed by atoms with Crippen molar-refractivity contribution in [3.05, 3.63) is 112 Å². The maximum Gasteiger partial charge on any atom is 0.432 e. The molecule has 252 valence electrons. The van der Waals surface area contributed by atoms with E-state index >= 15 is 13.2 Å². The standard InChI is InChI=1S/C37H30F9NO/c1-2-3-4-5-20-6-8-21(9-7-20)22-10-11-26(28(38)12-22)23-13-31(41)35(32(42)14-23)24-15-33(43)36(34(44)16-24)37(45,46)48-25-17-29(39)27(19-47)30(40)18-25/h10-18,20-21H,2-9H2,1H3. The van der Waals surface area contributed by atoms with Crippen LogP contribution in [-0.2, 0) is 6.11 Å². The van der Waals surface area contributed by atoms with Crippen LogP contribution < -0.4 is 4.74 Å². The van der Waals surface area contributed by atoms with E-state index < -0.39 is 74.8 Å². The summed E-state index contributed by atoms with van der Waals surface area (Å²) in [6.45, 7) is 2.16. The predicted molar refractivity (Wildman–Crippen MR) is 162 cm³/mol. The summed E-state index contributed by atoms with van der Waals surface area (Å²) in [5.74, 6) is -10.8. The molecule has 48 heavy (non-hydrogen) atoms. The van der Waals surface area contributed by atoms with E-state index in [9.17, 15) is 26.3 Å². The van der Waals surface area contributed by atoms with E-state index in [0.717, 1.165) is 49.8 Å². The van der Waals surface area contributed by atoms with Crippen molar-refractivity contribution >= 4 is 0 Å². The second-order valence-electron chi connectivity index (χ2n) is 12.1. The molecule has 0 spiro atoms. The van der Waals surface area contributed by atoms with Gasteiger partial charge >= 0.3 is 6.11 Å². The predicted octanol–water partition coefficient (Wildman–Crippen LogP) is 11.8. The van der Waals surface area contributed by atoms with Crippen LogP contribution in [0.1, 0.15) is 80.9 Å². The molecule has 4 aromatic carbocycles. The van der Waals surface area contributed by atoms with Gasteiger partial charge in [0.1, 0.15) is 63.7 Å². The third-order valence-corrected chi connectivity index (χ3v) is 8.88. The van der Waals surface area contributed by atoms with Crippen LogP contribution >= 0.6 is 0 Å². The van der Waals surface area contributed by atoms with E-state index in [0.29, 0.717) is 5.92 Å². The molecule has 0 bridgehead atoms.